The maximum absolute atomic E-state index is 12.5. The summed E-state index contributed by atoms with van der Waals surface area (Å²) in [4.78, 5) is 34.7. The molecule has 3 N–H and O–H groups in total. The van der Waals surface area contributed by atoms with E-state index in [1.165, 1.54) is 57.8 Å². The predicted molar refractivity (Wildman–Crippen MR) is 206 cm³/mol. The molecule has 50 heavy (non-hydrogen) atoms. The molecule has 1 unspecified atom stereocenters. The third-order valence-corrected chi connectivity index (χ3v) is 8.93. The zero-order valence-corrected chi connectivity index (χ0v) is 32.5. The van der Waals surface area contributed by atoms with Crippen molar-refractivity contribution in [1.82, 2.24) is 0 Å². The SMILES string of the molecule is CCC/C=C/C/C=C/C/C=C/C/C=C/CCCCCC(=O)OC[C@@H](COP(=O)(O)OCCN)OC(=O)CCCCCCCCCCCCCC. The highest BCUT2D eigenvalue weighted by Gasteiger charge is 2.25. The van der Waals surface area contributed by atoms with E-state index in [4.69, 9.17) is 24.3 Å². The summed E-state index contributed by atoms with van der Waals surface area (Å²) in [7, 11) is -4.38. The van der Waals surface area contributed by atoms with Crippen molar-refractivity contribution < 1.29 is 37.6 Å². The van der Waals surface area contributed by atoms with Crippen molar-refractivity contribution in [3.63, 3.8) is 0 Å². The van der Waals surface area contributed by atoms with Crippen LogP contribution in [0.5, 0.6) is 0 Å². The van der Waals surface area contributed by atoms with Crippen LogP contribution in [0.15, 0.2) is 48.6 Å². The number of rotatable bonds is 36. The lowest BCUT2D eigenvalue weighted by Crippen LogP contribution is -2.29. The number of esters is 2. The molecule has 0 aliphatic carbocycles. The van der Waals surface area contributed by atoms with E-state index < -0.39 is 32.5 Å². The number of phosphoric ester groups is 1. The zero-order valence-electron chi connectivity index (χ0n) is 31.6. The molecule has 10 heteroatoms. The Morgan fingerprint density at radius 2 is 1.08 bits per heavy atom. The predicted octanol–water partition coefficient (Wildman–Crippen LogP) is 10.8. The van der Waals surface area contributed by atoms with Crippen molar-refractivity contribution in [1.29, 1.82) is 0 Å². The van der Waals surface area contributed by atoms with Gasteiger partial charge in [0.05, 0.1) is 13.2 Å². The Labute approximate surface area is 305 Å². The van der Waals surface area contributed by atoms with Crippen molar-refractivity contribution >= 4 is 19.8 Å². The van der Waals surface area contributed by atoms with E-state index in [0.717, 1.165) is 64.2 Å². The van der Waals surface area contributed by atoms with Gasteiger partial charge in [-0.25, -0.2) is 4.57 Å². The van der Waals surface area contributed by atoms with Crippen LogP contribution in [-0.4, -0.2) is 49.3 Å². The number of allylic oxidation sites excluding steroid dienone is 8. The Morgan fingerprint density at radius 3 is 1.62 bits per heavy atom. The van der Waals surface area contributed by atoms with E-state index in [0.29, 0.717) is 12.8 Å². The molecule has 0 aromatic rings. The molecule has 0 rings (SSSR count). The van der Waals surface area contributed by atoms with Gasteiger partial charge >= 0.3 is 19.8 Å². The third-order valence-electron chi connectivity index (χ3n) is 7.95. The van der Waals surface area contributed by atoms with Crippen LogP contribution in [0.1, 0.15) is 162 Å². The molecule has 290 valence electrons. The van der Waals surface area contributed by atoms with Crippen LogP contribution >= 0.6 is 7.82 Å². The van der Waals surface area contributed by atoms with Gasteiger partial charge in [0.25, 0.3) is 0 Å². The van der Waals surface area contributed by atoms with Gasteiger partial charge in [0.15, 0.2) is 6.10 Å². The number of carbonyl (C=O) groups excluding carboxylic acids is 2. The number of nitrogens with two attached hydrogens (primary N) is 1. The van der Waals surface area contributed by atoms with Gasteiger partial charge in [-0.15, -0.1) is 0 Å². The van der Waals surface area contributed by atoms with Crippen LogP contribution in [0, 0.1) is 0 Å². The summed E-state index contributed by atoms with van der Waals surface area (Å²) >= 11 is 0. The van der Waals surface area contributed by atoms with Crippen LogP contribution in [0.4, 0.5) is 0 Å². The maximum Gasteiger partial charge on any atom is 0.472 e. The lowest BCUT2D eigenvalue weighted by molar-refractivity contribution is -0.161. The lowest BCUT2D eigenvalue weighted by atomic mass is 10.0. The second kappa shape index (κ2) is 36.8. The minimum atomic E-state index is -4.38. The molecule has 0 aliphatic rings. The number of hydrogen-bond donors (Lipinski definition) is 2. The van der Waals surface area contributed by atoms with Crippen molar-refractivity contribution in [2.75, 3.05) is 26.4 Å². The lowest BCUT2D eigenvalue weighted by Gasteiger charge is -2.19. The van der Waals surface area contributed by atoms with Gasteiger partial charge in [0.1, 0.15) is 6.61 Å². The topological polar surface area (TPSA) is 134 Å². The molecule has 9 nitrogen and oxygen atoms in total. The Balaban J connectivity index is 4.26. The molecule has 0 spiro atoms. The van der Waals surface area contributed by atoms with E-state index >= 15 is 0 Å². The van der Waals surface area contributed by atoms with Gasteiger partial charge in [0.2, 0.25) is 0 Å². The van der Waals surface area contributed by atoms with Crippen LogP contribution in [0.3, 0.4) is 0 Å². The number of ether oxygens (including phenoxy) is 2. The fourth-order valence-electron chi connectivity index (χ4n) is 5.04. The largest absolute Gasteiger partial charge is 0.472 e. The Bertz CT molecular complexity index is 965. The minimum Gasteiger partial charge on any atom is -0.462 e. The van der Waals surface area contributed by atoms with Crippen LogP contribution in [0.2, 0.25) is 0 Å². The zero-order chi connectivity index (χ0) is 36.8. The van der Waals surface area contributed by atoms with Crippen molar-refractivity contribution in [2.45, 2.75) is 168 Å². The average Bonchev–Trinajstić information content (AvgIpc) is 3.10. The fraction of sp³-hybridized carbons (Fsp3) is 0.750. The third kappa shape index (κ3) is 35.8. The molecule has 2 atom stereocenters. The number of hydrogen-bond acceptors (Lipinski definition) is 8. The quantitative estimate of drug-likeness (QED) is 0.0280. The number of phosphoric acid groups is 1. The van der Waals surface area contributed by atoms with Gasteiger partial charge in [0, 0.05) is 19.4 Å². The van der Waals surface area contributed by atoms with E-state index in [9.17, 15) is 19.0 Å². The number of unbranched alkanes of at least 4 members (excludes halogenated alkanes) is 15. The van der Waals surface area contributed by atoms with E-state index in [1.807, 2.05) is 0 Å². The first kappa shape index (κ1) is 48.0. The summed E-state index contributed by atoms with van der Waals surface area (Å²) < 4.78 is 32.6. The fourth-order valence-corrected chi connectivity index (χ4v) is 5.80. The van der Waals surface area contributed by atoms with Gasteiger partial charge < -0.3 is 20.1 Å². The smallest absolute Gasteiger partial charge is 0.462 e. The highest BCUT2D eigenvalue weighted by molar-refractivity contribution is 7.47. The molecule has 0 fully saturated rings. The maximum atomic E-state index is 12.5. The molecule has 0 aromatic heterocycles. The molecule has 0 radical (unpaired) electrons. The van der Waals surface area contributed by atoms with E-state index in [1.54, 1.807) is 0 Å². The summed E-state index contributed by atoms with van der Waals surface area (Å²) in [6.07, 6.45) is 39.9. The summed E-state index contributed by atoms with van der Waals surface area (Å²) in [5.41, 5.74) is 5.33. The Kier molecular flexibility index (Phi) is 35.3. The standard InChI is InChI=1S/C40H72NO8P/c1-3-5-7-9-11-13-15-17-18-19-20-21-23-24-26-28-30-32-39(42)46-36-38(37-48-50(44,45)47-35-34-41)49-40(43)33-31-29-27-25-22-16-14-12-10-8-6-4-2/h7,9,13,15,18-19,21,23,38H,3-6,8,10-12,14,16-17,20,22,24-37,41H2,1-2H3,(H,44,45)/b9-7+,15-13+,19-18+,23-21+/t38-/m0/s1. The summed E-state index contributed by atoms with van der Waals surface area (Å²) in [5, 5.41) is 0. The normalized spacial score (nSPS) is 13.9. The number of carbonyl (C=O) groups is 2. The highest BCUT2D eigenvalue weighted by atomic mass is 31.2. The minimum absolute atomic E-state index is 0.0481. The van der Waals surface area contributed by atoms with Gasteiger partial charge in [-0.1, -0.05) is 146 Å². The second-order valence-electron chi connectivity index (χ2n) is 12.8. The molecule has 0 saturated heterocycles. The highest BCUT2D eigenvalue weighted by Crippen LogP contribution is 2.43. The van der Waals surface area contributed by atoms with E-state index in [-0.39, 0.29) is 32.6 Å². The van der Waals surface area contributed by atoms with Crippen LogP contribution in [-0.2, 0) is 32.7 Å². The summed E-state index contributed by atoms with van der Waals surface area (Å²) in [6.45, 7) is 3.61. The van der Waals surface area contributed by atoms with Crippen molar-refractivity contribution in [3.05, 3.63) is 48.6 Å². The molecular weight excluding hydrogens is 653 g/mol. The molecule has 0 saturated carbocycles. The summed E-state index contributed by atoms with van der Waals surface area (Å²) in [6, 6.07) is 0. The molecular formula is C40H72NO8P. The first-order valence-corrected chi connectivity index (χ1v) is 21.1. The first-order valence-electron chi connectivity index (χ1n) is 19.6. The van der Waals surface area contributed by atoms with Gasteiger partial charge in [-0.2, -0.15) is 0 Å². The van der Waals surface area contributed by atoms with Crippen LogP contribution < -0.4 is 5.73 Å². The van der Waals surface area contributed by atoms with Crippen molar-refractivity contribution in [3.8, 4) is 0 Å². The molecule has 0 aliphatic heterocycles. The monoisotopic (exact) mass is 725 g/mol. The summed E-state index contributed by atoms with van der Waals surface area (Å²) in [5.74, 6) is -0.867. The molecule has 0 heterocycles. The Morgan fingerprint density at radius 1 is 0.600 bits per heavy atom. The first-order chi connectivity index (χ1) is 24.3. The average molecular weight is 726 g/mol. The van der Waals surface area contributed by atoms with E-state index in [2.05, 4.69) is 62.5 Å². The molecule has 0 aromatic carbocycles. The van der Waals surface area contributed by atoms with Crippen molar-refractivity contribution in [2.24, 2.45) is 5.73 Å². The Hall–Kier alpha value is -2.03. The van der Waals surface area contributed by atoms with Gasteiger partial charge in [-0.05, 0) is 51.4 Å². The van der Waals surface area contributed by atoms with Crippen LogP contribution in [0.25, 0.3) is 0 Å². The second-order valence-corrected chi connectivity index (χ2v) is 14.3. The molecule has 0 bridgehead atoms. The van der Waals surface area contributed by atoms with Gasteiger partial charge in [-0.3, -0.25) is 18.6 Å². The molecule has 0 amide bonds.